The number of nitrogens with two attached hydrogens (primary N) is 1. The molecule has 3 N–H and O–H groups in total. The van der Waals surface area contributed by atoms with Crippen LogP contribution in [0.1, 0.15) is 72.1 Å². The molecule has 0 saturated heterocycles. The molecule has 2 atom stereocenters. The van der Waals surface area contributed by atoms with Crippen LogP contribution in [-0.4, -0.2) is 18.5 Å². The molecule has 0 aliphatic heterocycles. The first kappa shape index (κ1) is 16.8. The van der Waals surface area contributed by atoms with Crippen molar-refractivity contribution in [2.24, 2.45) is 28.9 Å². The second kappa shape index (κ2) is 7.13. The highest BCUT2D eigenvalue weighted by atomic mass is 16.1. The Morgan fingerprint density at radius 1 is 1.05 bits per heavy atom. The lowest BCUT2D eigenvalue weighted by Crippen LogP contribution is -2.43. The Balaban J connectivity index is 1.72. The molecule has 2 fully saturated rings. The number of rotatable bonds is 3. The number of nitrogens with one attached hydrogen (secondary N) is 1. The molecule has 2 rings (SSSR count). The fourth-order valence-corrected chi connectivity index (χ4v) is 4.09. The summed E-state index contributed by atoms with van der Waals surface area (Å²) in [6.07, 6.45) is 9.34. The van der Waals surface area contributed by atoms with Crippen LogP contribution in [0.5, 0.6) is 0 Å². The Labute approximate surface area is 130 Å². The molecule has 122 valence electrons. The van der Waals surface area contributed by atoms with E-state index in [1.807, 2.05) is 0 Å². The van der Waals surface area contributed by atoms with Crippen LogP contribution < -0.4 is 11.1 Å². The summed E-state index contributed by atoms with van der Waals surface area (Å²) in [4.78, 5) is 12.4. The number of hydrogen-bond donors (Lipinski definition) is 2. The molecule has 1 amide bonds. The highest BCUT2D eigenvalue weighted by Gasteiger charge is 2.32. The topological polar surface area (TPSA) is 55.1 Å². The van der Waals surface area contributed by atoms with Gasteiger partial charge in [-0.3, -0.25) is 4.79 Å². The van der Waals surface area contributed by atoms with Gasteiger partial charge in [0.2, 0.25) is 5.91 Å². The van der Waals surface area contributed by atoms with Gasteiger partial charge in [-0.1, -0.05) is 33.6 Å². The monoisotopic (exact) mass is 294 g/mol. The van der Waals surface area contributed by atoms with Crippen LogP contribution in [0, 0.1) is 23.2 Å². The quantitative estimate of drug-likeness (QED) is 0.837. The van der Waals surface area contributed by atoms with E-state index in [1.54, 1.807) is 0 Å². The lowest BCUT2D eigenvalue weighted by atomic mass is 9.69. The number of carbonyl (C=O) groups is 1. The first-order valence-corrected chi connectivity index (χ1v) is 8.91. The Bertz CT molecular complexity index is 340. The Morgan fingerprint density at radius 2 is 1.67 bits per heavy atom. The molecule has 2 aliphatic rings. The molecule has 0 aromatic rings. The van der Waals surface area contributed by atoms with Gasteiger partial charge in [-0.2, -0.15) is 0 Å². The molecule has 0 spiro atoms. The zero-order chi connectivity index (χ0) is 15.5. The molecule has 0 aromatic carbocycles. The summed E-state index contributed by atoms with van der Waals surface area (Å²) < 4.78 is 0. The van der Waals surface area contributed by atoms with Crippen molar-refractivity contribution in [3.63, 3.8) is 0 Å². The van der Waals surface area contributed by atoms with Gasteiger partial charge in [0, 0.05) is 18.5 Å². The molecule has 3 nitrogen and oxygen atoms in total. The molecule has 0 bridgehead atoms. The molecule has 21 heavy (non-hydrogen) atoms. The van der Waals surface area contributed by atoms with E-state index in [0.29, 0.717) is 11.3 Å². The maximum Gasteiger partial charge on any atom is 0.223 e. The summed E-state index contributed by atoms with van der Waals surface area (Å²) >= 11 is 0. The minimum absolute atomic E-state index is 0.239. The van der Waals surface area contributed by atoms with Crippen molar-refractivity contribution in [1.82, 2.24) is 5.32 Å². The lowest BCUT2D eigenvalue weighted by Gasteiger charge is -2.36. The summed E-state index contributed by atoms with van der Waals surface area (Å²) in [6, 6.07) is 0.288. The highest BCUT2D eigenvalue weighted by Crippen LogP contribution is 2.39. The third-order valence-electron chi connectivity index (χ3n) is 5.83. The highest BCUT2D eigenvalue weighted by molar-refractivity contribution is 5.78. The van der Waals surface area contributed by atoms with E-state index in [1.165, 1.54) is 32.1 Å². The van der Waals surface area contributed by atoms with Gasteiger partial charge < -0.3 is 11.1 Å². The normalized spacial score (nSPS) is 34.5. The average Bonchev–Trinajstić information content (AvgIpc) is 2.45. The van der Waals surface area contributed by atoms with Gasteiger partial charge in [0.1, 0.15) is 0 Å². The SMILES string of the molecule is CC(C)(C)C1CCC(C(=O)NCC2CCCCC2N)CC1. The molecule has 2 aliphatic carbocycles. The van der Waals surface area contributed by atoms with Gasteiger partial charge in [-0.05, 0) is 55.8 Å². The average molecular weight is 294 g/mol. The van der Waals surface area contributed by atoms with Gasteiger partial charge in [0.15, 0.2) is 0 Å². The van der Waals surface area contributed by atoms with E-state index in [4.69, 9.17) is 5.73 Å². The number of carbonyl (C=O) groups excluding carboxylic acids is 1. The van der Waals surface area contributed by atoms with Crippen molar-refractivity contribution < 1.29 is 4.79 Å². The second-order valence-electron chi connectivity index (χ2n) is 8.37. The van der Waals surface area contributed by atoms with Crippen LogP contribution in [0.2, 0.25) is 0 Å². The summed E-state index contributed by atoms with van der Waals surface area (Å²) in [5.74, 6) is 1.78. The smallest absolute Gasteiger partial charge is 0.223 e. The van der Waals surface area contributed by atoms with Crippen molar-refractivity contribution in [1.29, 1.82) is 0 Å². The Hall–Kier alpha value is -0.570. The molecule has 0 radical (unpaired) electrons. The summed E-state index contributed by atoms with van der Waals surface area (Å²) in [6.45, 7) is 7.76. The molecule has 2 saturated carbocycles. The molecule has 0 aromatic heterocycles. The molecule has 2 unspecified atom stereocenters. The molecular formula is C18H34N2O. The van der Waals surface area contributed by atoms with Gasteiger partial charge >= 0.3 is 0 Å². The third-order valence-corrected chi connectivity index (χ3v) is 5.83. The summed E-state index contributed by atoms with van der Waals surface area (Å²) in [5, 5.41) is 3.19. The predicted octanol–water partition coefficient (Wildman–Crippen LogP) is 3.47. The van der Waals surface area contributed by atoms with Crippen LogP contribution in [0.4, 0.5) is 0 Å². The lowest BCUT2D eigenvalue weighted by molar-refractivity contribution is -0.126. The van der Waals surface area contributed by atoms with E-state index in [9.17, 15) is 4.79 Å². The van der Waals surface area contributed by atoms with Crippen LogP contribution in [0.25, 0.3) is 0 Å². The molecule has 3 heteroatoms. The van der Waals surface area contributed by atoms with Gasteiger partial charge in [0.25, 0.3) is 0 Å². The van der Waals surface area contributed by atoms with Gasteiger partial charge in [-0.15, -0.1) is 0 Å². The second-order valence-corrected chi connectivity index (χ2v) is 8.37. The van der Waals surface area contributed by atoms with E-state index < -0.39 is 0 Å². The van der Waals surface area contributed by atoms with Crippen molar-refractivity contribution in [3.8, 4) is 0 Å². The predicted molar refractivity (Wildman–Crippen MR) is 87.8 cm³/mol. The fraction of sp³-hybridized carbons (Fsp3) is 0.944. The van der Waals surface area contributed by atoms with Gasteiger partial charge in [-0.25, -0.2) is 0 Å². The zero-order valence-corrected chi connectivity index (χ0v) is 14.2. The first-order valence-electron chi connectivity index (χ1n) is 8.91. The van der Waals surface area contributed by atoms with E-state index in [0.717, 1.165) is 31.7 Å². The summed E-state index contributed by atoms with van der Waals surface area (Å²) in [5.41, 5.74) is 6.54. The van der Waals surface area contributed by atoms with E-state index in [-0.39, 0.29) is 17.9 Å². The van der Waals surface area contributed by atoms with Gasteiger partial charge in [0.05, 0.1) is 0 Å². The van der Waals surface area contributed by atoms with E-state index >= 15 is 0 Å². The van der Waals surface area contributed by atoms with Crippen LogP contribution in [0.3, 0.4) is 0 Å². The van der Waals surface area contributed by atoms with E-state index in [2.05, 4.69) is 26.1 Å². The molecular weight excluding hydrogens is 260 g/mol. The minimum Gasteiger partial charge on any atom is -0.356 e. The summed E-state index contributed by atoms with van der Waals surface area (Å²) in [7, 11) is 0. The van der Waals surface area contributed by atoms with Crippen molar-refractivity contribution in [2.75, 3.05) is 6.54 Å². The standard InChI is InChI=1S/C18H34N2O/c1-18(2,3)15-10-8-13(9-11-15)17(21)20-12-14-6-4-5-7-16(14)19/h13-16H,4-12,19H2,1-3H3,(H,20,21). The van der Waals surface area contributed by atoms with Crippen molar-refractivity contribution in [2.45, 2.75) is 78.2 Å². The third kappa shape index (κ3) is 4.70. The van der Waals surface area contributed by atoms with Crippen LogP contribution in [-0.2, 0) is 4.79 Å². The molecule has 0 heterocycles. The Kier molecular flexibility index (Phi) is 5.70. The number of amides is 1. The Morgan fingerprint density at radius 3 is 2.24 bits per heavy atom. The van der Waals surface area contributed by atoms with Crippen molar-refractivity contribution in [3.05, 3.63) is 0 Å². The number of hydrogen-bond acceptors (Lipinski definition) is 2. The van der Waals surface area contributed by atoms with Crippen LogP contribution >= 0.6 is 0 Å². The zero-order valence-electron chi connectivity index (χ0n) is 14.2. The largest absolute Gasteiger partial charge is 0.356 e. The maximum atomic E-state index is 12.4. The first-order chi connectivity index (χ1) is 9.88. The van der Waals surface area contributed by atoms with Crippen LogP contribution in [0.15, 0.2) is 0 Å². The van der Waals surface area contributed by atoms with Crippen molar-refractivity contribution >= 4 is 5.91 Å². The fourth-order valence-electron chi connectivity index (χ4n) is 4.09. The minimum atomic E-state index is 0.239. The maximum absolute atomic E-state index is 12.4.